The highest BCUT2D eigenvalue weighted by Gasteiger charge is 2.21. The van der Waals surface area contributed by atoms with Crippen molar-refractivity contribution in [2.45, 2.75) is 31.8 Å². The fraction of sp³-hybridized carbons (Fsp3) is 0.533. The van der Waals surface area contributed by atoms with E-state index >= 15 is 0 Å². The van der Waals surface area contributed by atoms with Crippen molar-refractivity contribution in [3.05, 3.63) is 35.9 Å². The maximum Gasteiger partial charge on any atom is 0.239 e. The average Bonchev–Trinajstić information content (AvgIpc) is 2.44. The van der Waals surface area contributed by atoms with Crippen LogP contribution in [-0.4, -0.2) is 43.7 Å². The van der Waals surface area contributed by atoms with Gasteiger partial charge in [0, 0.05) is 14.2 Å². The van der Waals surface area contributed by atoms with E-state index in [0.29, 0.717) is 13.0 Å². The van der Waals surface area contributed by atoms with E-state index in [1.807, 2.05) is 25.1 Å². The van der Waals surface area contributed by atoms with E-state index in [1.165, 1.54) is 5.56 Å². The summed E-state index contributed by atoms with van der Waals surface area (Å²) in [4.78, 5) is 13.8. The smallest absolute Gasteiger partial charge is 0.239 e. The summed E-state index contributed by atoms with van der Waals surface area (Å²) in [6.07, 6.45) is 1.48. The van der Waals surface area contributed by atoms with Gasteiger partial charge in [0.05, 0.1) is 18.7 Å². The Kier molecular flexibility index (Phi) is 6.53. The summed E-state index contributed by atoms with van der Waals surface area (Å²) in [6, 6.07) is 9.66. The highest BCUT2D eigenvalue weighted by atomic mass is 16.5. The minimum absolute atomic E-state index is 0.0273. The van der Waals surface area contributed by atoms with Crippen LogP contribution in [0.15, 0.2) is 30.3 Å². The van der Waals surface area contributed by atoms with Crippen LogP contribution in [0.25, 0.3) is 0 Å². The molecule has 0 aliphatic carbocycles. The van der Waals surface area contributed by atoms with E-state index in [0.717, 1.165) is 6.42 Å². The number of hydrogen-bond donors (Lipinski definition) is 1. The molecule has 106 valence electrons. The molecule has 0 saturated heterocycles. The molecular formula is C15H24N2O2. The van der Waals surface area contributed by atoms with Gasteiger partial charge in [0.15, 0.2) is 0 Å². The number of likely N-dealkylation sites (N-methyl/N-ethyl adjacent to an activating group) is 1. The summed E-state index contributed by atoms with van der Waals surface area (Å²) < 4.78 is 5.05. The quantitative estimate of drug-likeness (QED) is 0.810. The molecule has 0 bridgehead atoms. The lowest BCUT2D eigenvalue weighted by Crippen LogP contribution is -2.47. The Morgan fingerprint density at radius 3 is 2.58 bits per heavy atom. The van der Waals surface area contributed by atoms with Crippen molar-refractivity contribution in [3.8, 4) is 0 Å². The molecule has 0 heterocycles. The lowest BCUT2D eigenvalue weighted by molar-refractivity contribution is -0.134. The van der Waals surface area contributed by atoms with E-state index in [9.17, 15) is 4.79 Å². The number of methoxy groups -OCH3 is 1. The molecule has 0 aliphatic rings. The minimum atomic E-state index is -0.454. The molecule has 1 aromatic carbocycles. The number of carbonyl (C=O) groups is 1. The average molecular weight is 264 g/mol. The Morgan fingerprint density at radius 1 is 1.37 bits per heavy atom. The van der Waals surface area contributed by atoms with Crippen molar-refractivity contribution < 1.29 is 9.53 Å². The van der Waals surface area contributed by atoms with Crippen molar-refractivity contribution in [2.75, 3.05) is 20.8 Å². The topological polar surface area (TPSA) is 55.6 Å². The second-order valence-electron chi connectivity index (χ2n) is 4.88. The molecule has 0 aromatic heterocycles. The first-order chi connectivity index (χ1) is 9.06. The summed E-state index contributed by atoms with van der Waals surface area (Å²) in [5, 5.41) is 0. The molecular weight excluding hydrogens is 240 g/mol. The van der Waals surface area contributed by atoms with Gasteiger partial charge < -0.3 is 15.4 Å². The summed E-state index contributed by atoms with van der Waals surface area (Å²) in [5.74, 6) is -0.0273. The van der Waals surface area contributed by atoms with E-state index in [4.69, 9.17) is 10.5 Å². The molecule has 0 spiro atoms. The van der Waals surface area contributed by atoms with Crippen LogP contribution in [0.4, 0.5) is 0 Å². The molecule has 1 rings (SSSR count). The number of amides is 1. The molecule has 1 unspecified atom stereocenters. The van der Waals surface area contributed by atoms with Gasteiger partial charge in [0.25, 0.3) is 0 Å². The van der Waals surface area contributed by atoms with Gasteiger partial charge in [0.2, 0.25) is 5.91 Å². The molecule has 2 atom stereocenters. The number of nitrogens with two attached hydrogens (primary N) is 1. The van der Waals surface area contributed by atoms with Crippen molar-refractivity contribution in [3.63, 3.8) is 0 Å². The van der Waals surface area contributed by atoms with Crippen LogP contribution in [0.2, 0.25) is 0 Å². The largest absolute Gasteiger partial charge is 0.383 e. The van der Waals surface area contributed by atoms with Crippen molar-refractivity contribution in [1.82, 2.24) is 4.90 Å². The van der Waals surface area contributed by atoms with Gasteiger partial charge in [-0.05, 0) is 25.3 Å². The summed E-state index contributed by atoms with van der Waals surface area (Å²) in [6.45, 7) is 2.47. The normalized spacial score (nSPS) is 13.9. The Bertz CT molecular complexity index is 381. The zero-order valence-electron chi connectivity index (χ0n) is 12.0. The number of rotatable bonds is 7. The second-order valence-corrected chi connectivity index (χ2v) is 4.88. The number of nitrogens with zero attached hydrogens (tertiary/aromatic N) is 1. The summed E-state index contributed by atoms with van der Waals surface area (Å²) in [7, 11) is 3.40. The first-order valence-electron chi connectivity index (χ1n) is 6.61. The van der Waals surface area contributed by atoms with Gasteiger partial charge in [-0.3, -0.25) is 4.79 Å². The van der Waals surface area contributed by atoms with Crippen LogP contribution in [-0.2, 0) is 16.0 Å². The lowest BCUT2D eigenvalue weighted by atomic mass is 10.0. The first kappa shape index (κ1) is 15.7. The maximum absolute atomic E-state index is 12.1. The Hall–Kier alpha value is -1.39. The Labute approximate surface area is 115 Å². The zero-order valence-corrected chi connectivity index (χ0v) is 12.0. The lowest BCUT2D eigenvalue weighted by Gasteiger charge is -2.27. The highest BCUT2D eigenvalue weighted by molar-refractivity contribution is 5.81. The van der Waals surface area contributed by atoms with Crippen molar-refractivity contribution >= 4 is 5.91 Å². The molecule has 4 heteroatoms. The SMILES string of the molecule is COCC(C)N(C)C(=O)[C@@H](N)CCc1ccccc1. The highest BCUT2D eigenvalue weighted by Crippen LogP contribution is 2.07. The predicted molar refractivity (Wildman–Crippen MR) is 76.8 cm³/mol. The molecule has 0 saturated carbocycles. The van der Waals surface area contributed by atoms with Crippen LogP contribution < -0.4 is 5.73 Å². The monoisotopic (exact) mass is 264 g/mol. The minimum Gasteiger partial charge on any atom is -0.383 e. The third-order valence-electron chi connectivity index (χ3n) is 3.32. The van der Waals surface area contributed by atoms with E-state index in [-0.39, 0.29) is 11.9 Å². The Morgan fingerprint density at radius 2 is 2.00 bits per heavy atom. The van der Waals surface area contributed by atoms with Crippen LogP contribution >= 0.6 is 0 Å². The summed E-state index contributed by atoms with van der Waals surface area (Å²) >= 11 is 0. The van der Waals surface area contributed by atoms with Gasteiger partial charge in [-0.25, -0.2) is 0 Å². The van der Waals surface area contributed by atoms with E-state index in [1.54, 1.807) is 19.1 Å². The summed E-state index contributed by atoms with van der Waals surface area (Å²) in [5.41, 5.74) is 7.17. The fourth-order valence-corrected chi connectivity index (χ4v) is 1.92. The van der Waals surface area contributed by atoms with Gasteiger partial charge in [-0.15, -0.1) is 0 Å². The van der Waals surface area contributed by atoms with Gasteiger partial charge in [0.1, 0.15) is 0 Å². The van der Waals surface area contributed by atoms with Gasteiger partial charge >= 0.3 is 0 Å². The second kappa shape index (κ2) is 7.92. The first-order valence-corrected chi connectivity index (χ1v) is 6.61. The van der Waals surface area contributed by atoms with E-state index in [2.05, 4.69) is 12.1 Å². The standard InChI is InChI=1S/C15H24N2O2/c1-12(11-19-3)17(2)15(18)14(16)10-9-13-7-5-4-6-8-13/h4-8,12,14H,9-11,16H2,1-3H3/t12?,14-/m0/s1. The van der Waals surface area contributed by atoms with E-state index < -0.39 is 6.04 Å². The molecule has 2 N–H and O–H groups in total. The van der Waals surface area contributed by atoms with Gasteiger partial charge in [-0.2, -0.15) is 0 Å². The molecule has 4 nitrogen and oxygen atoms in total. The number of carbonyl (C=O) groups excluding carboxylic acids is 1. The fourth-order valence-electron chi connectivity index (χ4n) is 1.92. The number of aryl methyl sites for hydroxylation is 1. The zero-order chi connectivity index (χ0) is 14.3. The predicted octanol–water partition coefficient (Wildman–Crippen LogP) is 1.44. The molecule has 0 aliphatic heterocycles. The van der Waals surface area contributed by atoms with Crippen molar-refractivity contribution in [2.24, 2.45) is 5.73 Å². The molecule has 19 heavy (non-hydrogen) atoms. The van der Waals surface area contributed by atoms with Crippen molar-refractivity contribution in [1.29, 1.82) is 0 Å². The molecule has 1 amide bonds. The third kappa shape index (κ3) is 5.01. The Balaban J connectivity index is 2.44. The maximum atomic E-state index is 12.1. The van der Waals surface area contributed by atoms with Crippen LogP contribution in [0, 0.1) is 0 Å². The number of benzene rings is 1. The molecule has 0 radical (unpaired) electrons. The van der Waals surface area contributed by atoms with Crippen LogP contribution in [0.5, 0.6) is 0 Å². The molecule has 1 aromatic rings. The number of ether oxygens (including phenoxy) is 1. The molecule has 0 fully saturated rings. The van der Waals surface area contributed by atoms with Gasteiger partial charge in [-0.1, -0.05) is 30.3 Å². The number of hydrogen-bond acceptors (Lipinski definition) is 3. The third-order valence-corrected chi connectivity index (χ3v) is 3.32. The van der Waals surface area contributed by atoms with Crippen LogP contribution in [0.1, 0.15) is 18.9 Å². The van der Waals surface area contributed by atoms with Crippen LogP contribution in [0.3, 0.4) is 0 Å².